The van der Waals surface area contributed by atoms with Gasteiger partial charge in [-0.25, -0.2) is 0 Å². The van der Waals surface area contributed by atoms with Crippen LogP contribution in [0.15, 0.2) is 0 Å². The third-order valence-corrected chi connectivity index (χ3v) is 0. The quantitative estimate of drug-likeness (QED) is 0.297. The van der Waals surface area contributed by atoms with E-state index in [-0.39, 0.29) is 82.1 Å². The second kappa shape index (κ2) is 196. The number of rotatable bonds is 0. The van der Waals surface area contributed by atoms with Crippen molar-refractivity contribution < 1.29 is 99.7 Å². The lowest BCUT2D eigenvalue weighted by molar-refractivity contribution is 0.352. The molecule has 0 amide bonds. The Hall–Kier alpha value is -0.730. The van der Waals surface area contributed by atoms with Crippen LogP contribution in [0.5, 0.6) is 0 Å². The molecule has 0 aromatic heterocycles. The van der Waals surface area contributed by atoms with Gasteiger partial charge in [-0.15, -0.1) is 0 Å². The molecule has 0 aromatic rings. The molecule has 20 heteroatoms. The van der Waals surface area contributed by atoms with Gasteiger partial charge in [0.1, 0.15) is 0 Å². The molecule has 0 spiro atoms. The van der Waals surface area contributed by atoms with E-state index in [9.17, 15) is 0 Å². The Labute approximate surface area is 111 Å². The molecule has 20 heavy (non-hydrogen) atoms. The molecule has 152 valence electrons. The predicted octanol–water partition coefficient (Wildman–Crippen LogP) is -13.7. The van der Waals surface area contributed by atoms with Crippen molar-refractivity contribution in [2.75, 3.05) is 0 Å². The van der Waals surface area contributed by atoms with Crippen molar-refractivity contribution in [3.8, 4) is 0 Å². The van der Waals surface area contributed by atoms with Crippen molar-refractivity contribution in [2.24, 2.45) is 0 Å². The van der Waals surface area contributed by atoms with Crippen molar-refractivity contribution >= 4 is 10.4 Å². The fraction of sp³-hybridized carbons (Fsp3) is 0. The van der Waals surface area contributed by atoms with Crippen molar-refractivity contribution in [1.82, 2.24) is 0 Å². The minimum absolute atomic E-state index is 0. The third-order valence-electron chi connectivity index (χ3n) is 0. The molecule has 30 N–H and O–H groups in total. The van der Waals surface area contributed by atoms with Crippen LogP contribution in [0.25, 0.3) is 0 Å². The van der Waals surface area contributed by atoms with Gasteiger partial charge in [-0.3, -0.25) is 8.42 Å². The first kappa shape index (κ1) is 602. The zero-order chi connectivity index (χ0) is 4.50. The van der Waals surface area contributed by atoms with Gasteiger partial charge in [-0.05, 0) is 0 Å². The Bertz CT molecular complexity index is 88.9. The molecule has 0 aliphatic heterocycles. The van der Waals surface area contributed by atoms with Crippen LogP contribution in [-0.2, 0) is 10.4 Å². The van der Waals surface area contributed by atoms with Crippen LogP contribution in [0.1, 0.15) is 0 Å². The highest BCUT2D eigenvalue weighted by Gasteiger charge is 1.49. The predicted molar refractivity (Wildman–Crippen MR) is 64.7 cm³/mol. The van der Waals surface area contributed by atoms with Crippen molar-refractivity contribution in [3.63, 3.8) is 0 Å². The maximum Gasteiger partial charge on any atom is 0.0311 e. The average Bonchev–Trinajstić information content (AvgIpc) is 0.722. The molecule has 0 bridgehead atoms. The molecule has 0 aliphatic carbocycles. The minimum atomic E-state index is -5.17. The third kappa shape index (κ3) is 8580. The van der Waals surface area contributed by atoms with Gasteiger partial charge in [0.15, 0.2) is 0 Å². The van der Waals surface area contributed by atoms with E-state index < -0.39 is 10.4 Å². The Morgan fingerprint density at radius 2 is 0.350 bits per heavy atom. The zero-order valence-corrected chi connectivity index (χ0v) is 10.4. The van der Waals surface area contributed by atoms with Crippen LogP contribution < -0.4 is 0 Å². The highest BCUT2D eigenvalue weighted by Crippen LogP contribution is 1.57. The Kier molecular flexibility index (Phi) is 5900. The largest absolute Gasteiger partial charge is 0.759 e. The van der Waals surface area contributed by atoms with Gasteiger partial charge in [0, 0.05) is 10.4 Å². The molecule has 0 radical (unpaired) electrons. The highest BCUT2D eigenvalue weighted by molar-refractivity contribution is 7.79. The lowest BCUT2D eigenvalue weighted by Gasteiger charge is -2.06. The van der Waals surface area contributed by atoms with Gasteiger partial charge in [-0.1, -0.05) is 0 Å². The van der Waals surface area contributed by atoms with Gasteiger partial charge >= 0.3 is 0 Å². The van der Waals surface area contributed by atoms with E-state index in [4.69, 9.17) is 17.5 Å². The lowest BCUT2D eigenvalue weighted by Crippen LogP contribution is -1.91. The summed E-state index contributed by atoms with van der Waals surface area (Å²) in [7, 11) is -5.17. The molecule has 0 fully saturated rings. The monoisotopic (exact) mass is 366 g/mol. The van der Waals surface area contributed by atoms with Crippen LogP contribution in [-0.4, -0.2) is 99.7 Å². The van der Waals surface area contributed by atoms with Crippen molar-refractivity contribution in [1.29, 1.82) is 0 Å². The van der Waals surface area contributed by atoms with E-state index in [1.807, 2.05) is 0 Å². The number of hydrogen-bond donors (Lipinski definition) is 0. The first-order valence-electron chi connectivity index (χ1n) is 0.667. The molecule has 0 aliphatic rings. The van der Waals surface area contributed by atoms with E-state index in [1.165, 1.54) is 0 Å². The van der Waals surface area contributed by atoms with Crippen molar-refractivity contribution in [2.45, 2.75) is 0 Å². The summed E-state index contributed by atoms with van der Waals surface area (Å²) in [6.45, 7) is 0. The Morgan fingerprint density at radius 3 is 0.350 bits per heavy atom. The molecule has 0 saturated heterocycles. The van der Waals surface area contributed by atoms with Gasteiger partial charge in [0.05, 0.1) is 0 Å². The van der Waals surface area contributed by atoms with E-state index in [0.29, 0.717) is 0 Å². The van der Waals surface area contributed by atoms with E-state index in [0.717, 1.165) is 0 Å². The highest BCUT2D eigenvalue weighted by atomic mass is 32.3. The van der Waals surface area contributed by atoms with Crippen molar-refractivity contribution in [3.05, 3.63) is 0 Å². The van der Waals surface area contributed by atoms with Gasteiger partial charge < -0.3 is 91.2 Å². The molecule has 0 aromatic carbocycles. The van der Waals surface area contributed by atoms with E-state index in [1.54, 1.807) is 0 Å². The first-order valence-corrected chi connectivity index (χ1v) is 2.00. The maximum atomic E-state index is 8.52. The topological polar surface area (TPSA) is 553 Å². The summed E-state index contributed by atoms with van der Waals surface area (Å²) in [4.78, 5) is 0. The molecule has 19 nitrogen and oxygen atoms in total. The van der Waals surface area contributed by atoms with Gasteiger partial charge in [-0.2, -0.15) is 0 Å². The summed E-state index contributed by atoms with van der Waals surface area (Å²) in [5.74, 6) is 0. The van der Waals surface area contributed by atoms with Crippen LogP contribution >= 0.6 is 0 Å². The SMILES string of the molecule is O.O.O.O.O.O.O.O.O.O.O.O.O.O.O.O=S(=O)([O-])[O-]. The van der Waals surface area contributed by atoms with Crippen LogP contribution in [0, 0.1) is 0 Å². The first-order chi connectivity index (χ1) is 2.00. The summed E-state index contributed by atoms with van der Waals surface area (Å²) in [5, 5.41) is 0. The average molecular weight is 366 g/mol. The summed E-state index contributed by atoms with van der Waals surface area (Å²) in [6.07, 6.45) is 0. The van der Waals surface area contributed by atoms with E-state index in [2.05, 4.69) is 0 Å². The summed E-state index contributed by atoms with van der Waals surface area (Å²) in [6, 6.07) is 0. The van der Waals surface area contributed by atoms with Gasteiger partial charge in [0.2, 0.25) is 0 Å². The normalized spacial score (nSPS) is 2.90. The summed E-state index contributed by atoms with van der Waals surface area (Å²) >= 11 is 0. The summed E-state index contributed by atoms with van der Waals surface area (Å²) in [5.41, 5.74) is 0. The smallest absolute Gasteiger partial charge is 0.0311 e. The standard InChI is InChI=1S/H2O4S.15H2O/c1-5(2,3)4;;;;;;;;;;;;;;;/h(H2,1,2,3,4);15*1H2/p-2. The van der Waals surface area contributed by atoms with Crippen LogP contribution in [0.3, 0.4) is 0 Å². The molecular formula is H30O19S-2. The molecule has 0 saturated carbocycles. The molecule has 0 heterocycles. The lowest BCUT2D eigenvalue weighted by atomic mass is 15.8. The summed E-state index contributed by atoms with van der Waals surface area (Å²) < 4.78 is 34.1. The fourth-order valence-corrected chi connectivity index (χ4v) is 0. The fourth-order valence-electron chi connectivity index (χ4n) is 0. The van der Waals surface area contributed by atoms with Crippen LogP contribution in [0.2, 0.25) is 0 Å². The maximum absolute atomic E-state index is 8.52. The minimum Gasteiger partial charge on any atom is -0.759 e. The van der Waals surface area contributed by atoms with Gasteiger partial charge in [0.25, 0.3) is 0 Å². The Balaban J connectivity index is -0.000000000762. The second-order valence-corrected chi connectivity index (χ2v) is 1.22. The molecule has 0 atom stereocenters. The number of hydrogen-bond acceptors (Lipinski definition) is 4. The molecule has 0 rings (SSSR count). The second-order valence-electron chi connectivity index (χ2n) is 0.408. The Morgan fingerprint density at radius 1 is 0.350 bits per heavy atom. The van der Waals surface area contributed by atoms with Crippen LogP contribution in [0.4, 0.5) is 0 Å². The van der Waals surface area contributed by atoms with E-state index >= 15 is 0 Å². The molecular weight excluding hydrogens is 336 g/mol. The molecule has 0 unspecified atom stereocenters. The zero-order valence-electron chi connectivity index (χ0n) is 9.54.